The molecule has 9 heteroatoms. The fraction of sp³-hybridized carbons (Fsp3) is 0.192. The Morgan fingerprint density at radius 3 is 2.83 bits per heavy atom. The molecule has 1 unspecified atom stereocenters. The van der Waals surface area contributed by atoms with E-state index in [9.17, 15) is 9.18 Å². The van der Waals surface area contributed by atoms with Gasteiger partial charge < -0.3 is 10.6 Å². The van der Waals surface area contributed by atoms with Crippen molar-refractivity contribution in [3.05, 3.63) is 84.0 Å². The van der Waals surface area contributed by atoms with Gasteiger partial charge in [-0.25, -0.2) is 15.0 Å². The maximum Gasteiger partial charge on any atom is 0.251 e. The normalized spacial score (nSPS) is 12.1. The summed E-state index contributed by atoms with van der Waals surface area (Å²) in [6.07, 6.45) is 4.81. The van der Waals surface area contributed by atoms with Crippen LogP contribution in [0.25, 0.3) is 27.8 Å². The summed E-state index contributed by atoms with van der Waals surface area (Å²) in [5.41, 5.74) is 4.86. The standard InChI is InChI=1S/C26H24FN7O/c1-15(18-5-4-6-19-20(26(35)28-3)7-9-29-24(18)19)13-30-22-12-21(31-14-32-22)17-8-10-34-23(11-17)33-16(2)25(34)27/h4-12,14-15H,13H2,1-3H3,(H,28,35)(H,30,31,32). The molecule has 0 aliphatic heterocycles. The molecule has 1 aromatic carbocycles. The van der Waals surface area contributed by atoms with Crippen molar-refractivity contribution in [2.75, 3.05) is 18.9 Å². The Morgan fingerprint density at radius 2 is 2.00 bits per heavy atom. The first-order valence-electron chi connectivity index (χ1n) is 11.3. The molecular weight excluding hydrogens is 445 g/mol. The smallest absolute Gasteiger partial charge is 0.251 e. The van der Waals surface area contributed by atoms with E-state index >= 15 is 0 Å². The van der Waals surface area contributed by atoms with Crippen LogP contribution in [0.15, 0.2) is 61.2 Å². The number of carbonyl (C=O) groups excluding carboxylic acids is 1. The maximum absolute atomic E-state index is 14.1. The zero-order valence-corrected chi connectivity index (χ0v) is 19.6. The summed E-state index contributed by atoms with van der Waals surface area (Å²) in [7, 11) is 1.62. The van der Waals surface area contributed by atoms with Crippen molar-refractivity contribution >= 4 is 28.3 Å². The first kappa shape index (κ1) is 22.4. The molecule has 0 aliphatic carbocycles. The van der Waals surface area contributed by atoms with Gasteiger partial charge in [0.05, 0.1) is 22.5 Å². The quantitative estimate of drug-likeness (QED) is 0.384. The lowest BCUT2D eigenvalue weighted by Crippen LogP contribution is -2.18. The lowest BCUT2D eigenvalue weighted by atomic mass is 9.96. The van der Waals surface area contributed by atoms with Crippen LogP contribution in [0.5, 0.6) is 0 Å². The van der Waals surface area contributed by atoms with Crippen LogP contribution in [0.2, 0.25) is 0 Å². The largest absolute Gasteiger partial charge is 0.369 e. The molecule has 0 saturated carbocycles. The van der Waals surface area contributed by atoms with Gasteiger partial charge in [-0.05, 0) is 30.7 Å². The number of imidazole rings is 1. The van der Waals surface area contributed by atoms with Gasteiger partial charge in [-0.3, -0.25) is 14.2 Å². The van der Waals surface area contributed by atoms with Crippen molar-refractivity contribution in [1.82, 2.24) is 29.7 Å². The first-order valence-corrected chi connectivity index (χ1v) is 11.3. The van der Waals surface area contributed by atoms with Crippen LogP contribution in [-0.2, 0) is 0 Å². The summed E-state index contributed by atoms with van der Waals surface area (Å²) in [5.74, 6) is 0.264. The molecule has 4 heterocycles. The highest BCUT2D eigenvalue weighted by Crippen LogP contribution is 2.27. The molecule has 4 aromatic heterocycles. The van der Waals surface area contributed by atoms with Gasteiger partial charge >= 0.3 is 0 Å². The fourth-order valence-corrected chi connectivity index (χ4v) is 4.20. The Bertz CT molecular complexity index is 1560. The van der Waals surface area contributed by atoms with Crippen LogP contribution in [-0.4, -0.2) is 43.8 Å². The average Bonchev–Trinajstić information content (AvgIpc) is 3.18. The molecule has 35 heavy (non-hydrogen) atoms. The van der Waals surface area contributed by atoms with E-state index in [1.807, 2.05) is 24.3 Å². The van der Waals surface area contributed by atoms with Gasteiger partial charge in [0.1, 0.15) is 17.8 Å². The van der Waals surface area contributed by atoms with Crippen molar-refractivity contribution in [2.45, 2.75) is 19.8 Å². The number of fused-ring (bicyclic) bond motifs is 2. The maximum atomic E-state index is 14.1. The number of aromatic nitrogens is 5. The van der Waals surface area contributed by atoms with E-state index in [4.69, 9.17) is 0 Å². The topological polar surface area (TPSA) is 97.1 Å². The number of nitrogens with zero attached hydrogens (tertiary/aromatic N) is 5. The first-order chi connectivity index (χ1) is 17.0. The number of rotatable bonds is 6. The van der Waals surface area contributed by atoms with Crippen LogP contribution < -0.4 is 10.6 Å². The minimum absolute atomic E-state index is 0.0942. The van der Waals surface area contributed by atoms with Crippen molar-refractivity contribution in [1.29, 1.82) is 0 Å². The number of halogens is 1. The molecule has 0 saturated heterocycles. The molecule has 0 aliphatic rings. The van der Waals surface area contributed by atoms with Crippen LogP contribution in [0, 0.1) is 12.9 Å². The Balaban J connectivity index is 1.38. The number of amides is 1. The molecule has 5 rings (SSSR count). The van der Waals surface area contributed by atoms with Crippen LogP contribution >= 0.6 is 0 Å². The summed E-state index contributed by atoms with van der Waals surface area (Å²) in [6.45, 7) is 4.34. The average molecular weight is 470 g/mol. The van der Waals surface area contributed by atoms with E-state index in [1.54, 1.807) is 44.6 Å². The highest BCUT2D eigenvalue weighted by atomic mass is 19.1. The zero-order chi connectivity index (χ0) is 24.5. The number of hydrogen-bond donors (Lipinski definition) is 2. The van der Waals surface area contributed by atoms with Gasteiger partial charge in [-0.2, -0.15) is 4.39 Å². The molecule has 1 amide bonds. The van der Waals surface area contributed by atoms with Crippen LogP contribution in [0.3, 0.4) is 0 Å². The summed E-state index contributed by atoms with van der Waals surface area (Å²) in [6, 6.07) is 13.1. The lowest BCUT2D eigenvalue weighted by molar-refractivity contribution is 0.0964. The molecule has 0 radical (unpaired) electrons. The summed E-state index contributed by atoms with van der Waals surface area (Å²) in [5, 5.41) is 6.88. The Morgan fingerprint density at radius 1 is 1.14 bits per heavy atom. The molecule has 5 aromatic rings. The van der Waals surface area contributed by atoms with E-state index in [-0.39, 0.29) is 17.8 Å². The van der Waals surface area contributed by atoms with Crippen LogP contribution in [0.1, 0.15) is 34.5 Å². The lowest BCUT2D eigenvalue weighted by Gasteiger charge is -2.16. The highest BCUT2D eigenvalue weighted by molar-refractivity contribution is 6.06. The fourth-order valence-electron chi connectivity index (χ4n) is 4.20. The molecule has 0 spiro atoms. The molecule has 8 nitrogen and oxygen atoms in total. The van der Waals surface area contributed by atoms with Gasteiger partial charge in [0.15, 0.2) is 0 Å². The van der Waals surface area contributed by atoms with Gasteiger partial charge in [-0.1, -0.05) is 25.1 Å². The van der Waals surface area contributed by atoms with Crippen molar-refractivity contribution in [2.24, 2.45) is 0 Å². The Labute approximate surface area is 201 Å². The van der Waals surface area contributed by atoms with Gasteiger partial charge in [0, 0.05) is 48.9 Å². The number of pyridine rings is 2. The summed E-state index contributed by atoms with van der Waals surface area (Å²) in [4.78, 5) is 29.8. The van der Waals surface area contributed by atoms with Crippen LogP contribution in [0.4, 0.5) is 10.2 Å². The van der Waals surface area contributed by atoms with Gasteiger partial charge in [0.2, 0.25) is 5.95 Å². The molecule has 0 fully saturated rings. The molecular formula is C26H24FN7O. The van der Waals surface area contributed by atoms with E-state index in [0.717, 1.165) is 22.0 Å². The third kappa shape index (κ3) is 4.16. The SMILES string of the molecule is CNC(=O)c1ccnc2c(C(C)CNc3cc(-c4ccn5c(F)c(C)nc5c4)ncn3)cccc12. The predicted octanol–water partition coefficient (Wildman–Crippen LogP) is 4.36. The molecule has 0 bridgehead atoms. The van der Waals surface area contributed by atoms with E-state index in [0.29, 0.717) is 35.0 Å². The van der Waals surface area contributed by atoms with E-state index in [2.05, 4.69) is 37.5 Å². The number of benzene rings is 1. The predicted molar refractivity (Wildman–Crippen MR) is 133 cm³/mol. The molecule has 1 atom stereocenters. The molecule has 176 valence electrons. The summed E-state index contributed by atoms with van der Waals surface area (Å²) >= 11 is 0. The van der Waals surface area contributed by atoms with Crippen molar-refractivity contribution in [3.63, 3.8) is 0 Å². The second-order valence-corrected chi connectivity index (χ2v) is 8.38. The van der Waals surface area contributed by atoms with Gasteiger partial charge in [0.25, 0.3) is 5.91 Å². The third-order valence-corrected chi connectivity index (χ3v) is 6.08. The second-order valence-electron chi connectivity index (χ2n) is 8.38. The molecule has 2 N–H and O–H groups in total. The zero-order valence-electron chi connectivity index (χ0n) is 19.6. The third-order valence-electron chi connectivity index (χ3n) is 6.08. The minimum atomic E-state index is -0.365. The Hall–Kier alpha value is -4.40. The number of anilines is 1. The second kappa shape index (κ2) is 9.09. The summed E-state index contributed by atoms with van der Waals surface area (Å²) < 4.78 is 15.5. The monoisotopic (exact) mass is 469 g/mol. The van der Waals surface area contributed by atoms with Gasteiger partial charge in [-0.15, -0.1) is 0 Å². The number of carbonyl (C=O) groups is 1. The number of aryl methyl sites for hydroxylation is 1. The number of para-hydroxylation sites is 1. The number of hydrogen-bond acceptors (Lipinski definition) is 6. The minimum Gasteiger partial charge on any atom is -0.369 e. The van der Waals surface area contributed by atoms with Crippen molar-refractivity contribution in [3.8, 4) is 11.3 Å². The number of nitrogens with one attached hydrogen (secondary N) is 2. The van der Waals surface area contributed by atoms with E-state index < -0.39 is 0 Å². The van der Waals surface area contributed by atoms with E-state index in [1.165, 1.54) is 10.7 Å². The highest BCUT2D eigenvalue weighted by Gasteiger charge is 2.15. The Kier molecular flexibility index (Phi) is 5.82. The van der Waals surface area contributed by atoms with Crippen molar-refractivity contribution < 1.29 is 9.18 Å².